The highest BCUT2D eigenvalue weighted by atomic mass is 16.5. The van der Waals surface area contributed by atoms with Gasteiger partial charge in [0, 0.05) is 31.0 Å². The first-order valence-corrected chi connectivity index (χ1v) is 14.3. The summed E-state index contributed by atoms with van der Waals surface area (Å²) in [5, 5.41) is 3.37. The van der Waals surface area contributed by atoms with Crippen molar-refractivity contribution in [3.63, 3.8) is 0 Å². The molecule has 218 valence electrons. The Balaban J connectivity index is 0.000000559. The number of unbranched alkanes of at least 4 members (excludes halogenated alkanes) is 1. The molecule has 3 heterocycles. The highest BCUT2D eigenvalue weighted by molar-refractivity contribution is 5.92. The molecule has 4 rings (SSSR count). The molecular weight excluding hydrogens is 506 g/mol. The fraction of sp³-hybridized carbons (Fsp3) is 0.548. The van der Waals surface area contributed by atoms with E-state index in [-0.39, 0.29) is 11.4 Å². The highest BCUT2D eigenvalue weighted by Crippen LogP contribution is 2.27. The van der Waals surface area contributed by atoms with Crippen LogP contribution in [0.25, 0.3) is 11.0 Å². The average molecular weight is 552 g/mol. The Kier molecular flexibility index (Phi) is 12.1. The van der Waals surface area contributed by atoms with Crippen LogP contribution in [0, 0.1) is 5.92 Å². The van der Waals surface area contributed by atoms with Crippen molar-refractivity contribution in [3.8, 4) is 0 Å². The molecule has 40 heavy (non-hydrogen) atoms. The van der Waals surface area contributed by atoms with Gasteiger partial charge in [-0.25, -0.2) is 9.97 Å². The molecule has 1 aliphatic rings. The van der Waals surface area contributed by atoms with Crippen LogP contribution in [0.2, 0.25) is 0 Å². The van der Waals surface area contributed by atoms with E-state index >= 15 is 0 Å². The number of nitrogens with two attached hydrogens (primary N) is 1. The Labute approximate surface area is 237 Å². The lowest BCUT2D eigenvalue weighted by molar-refractivity contribution is -0.138. The van der Waals surface area contributed by atoms with E-state index in [1.165, 1.54) is 0 Å². The standard InChI is InChI=1S/C26H35N5O2.C5H10O2/c1-2-3-9-23-29-24-21(15-22(32)14-19-10-12-28-13-11-19)16-31(25(24)26(27)30-23)18-33-17-20-7-5-4-6-8-20;1-5(2,3)7-4-6/h4-8,16,19,28H,2-3,9-15,17-18H2,1H3,(H2,27,29,30);4H,1-3H3. The molecule has 0 aliphatic carbocycles. The van der Waals surface area contributed by atoms with Crippen LogP contribution in [0.3, 0.4) is 0 Å². The van der Waals surface area contributed by atoms with E-state index < -0.39 is 0 Å². The van der Waals surface area contributed by atoms with Crippen molar-refractivity contribution in [2.75, 3.05) is 18.8 Å². The summed E-state index contributed by atoms with van der Waals surface area (Å²) in [5.74, 6) is 1.93. The van der Waals surface area contributed by atoms with Gasteiger partial charge in [0.15, 0.2) is 5.82 Å². The molecule has 0 atom stereocenters. The maximum Gasteiger partial charge on any atom is 0.293 e. The van der Waals surface area contributed by atoms with E-state index in [2.05, 4.69) is 22.0 Å². The molecule has 9 nitrogen and oxygen atoms in total. The van der Waals surface area contributed by atoms with Crippen molar-refractivity contribution in [2.45, 2.75) is 91.6 Å². The number of Topliss-reactive ketones (excluding diaryl/α,β-unsaturated/α-hetero) is 1. The molecule has 0 unspecified atom stereocenters. The monoisotopic (exact) mass is 551 g/mol. The van der Waals surface area contributed by atoms with Crippen LogP contribution in [0.4, 0.5) is 5.82 Å². The van der Waals surface area contributed by atoms with Crippen molar-refractivity contribution < 1.29 is 19.1 Å². The fourth-order valence-corrected chi connectivity index (χ4v) is 4.69. The van der Waals surface area contributed by atoms with Gasteiger partial charge in [-0.05, 0) is 64.6 Å². The average Bonchev–Trinajstić information content (AvgIpc) is 3.25. The minimum absolute atomic E-state index is 0.262. The second-order valence-electron chi connectivity index (χ2n) is 11.4. The normalized spacial score (nSPS) is 14.0. The molecule has 1 fully saturated rings. The number of anilines is 1. The predicted molar refractivity (Wildman–Crippen MR) is 158 cm³/mol. The third-order valence-corrected chi connectivity index (χ3v) is 6.72. The summed E-state index contributed by atoms with van der Waals surface area (Å²) in [6.07, 6.45) is 7.97. The lowest BCUT2D eigenvalue weighted by Gasteiger charge is -2.21. The van der Waals surface area contributed by atoms with Crippen molar-refractivity contribution in [1.29, 1.82) is 0 Å². The second kappa shape index (κ2) is 15.5. The molecular formula is C31H45N5O4. The SMILES string of the molecule is CC(C)(C)OC=O.CCCCc1nc(N)c2c(n1)c(CC(=O)CC1CCNCC1)cn2COCc1ccccc1. The molecule has 9 heteroatoms. The number of fused-ring (bicyclic) bond motifs is 1. The zero-order chi connectivity index (χ0) is 29.0. The zero-order valence-corrected chi connectivity index (χ0v) is 24.4. The number of piperidine rings is 1. The largest absolute Gasteiger partial charge is 0.462 e. The molecule has 0 radical (unpaired) electrons. The van der Waals surface area contributed by atoms with Crippen LogP contribution in [0.1, 0.15) is 76.8 Å². The van der Waals surface area contributed by atoms with Gasteiger partial charge in [-0.2, -0.15) is 0 Å². The first-order chi connectivity index (χ1) is 19.2. The molecule has 0 spiro atoms. The third-order valence-electron chi connectivity index (χ3n) is 6.72. The quantitative estimate of drug-likeness (QED) is 0.302. The smallest absolute Gasteiger partial charge is 0.293 e. The lowest BCUT2D eigenvalue weighted by Crippen LogP contribution is -2.29. The summed E-state index contributed by atoms with van der Waals surface area (Å²) in [5.41, 5.74) is 9.64. The van der Waals surface area contributed by atoms with Gasteiger partial charge in [0.25, 0.3) is 6.47 Å². The number of aryl methyl sites for hydroxylation is 1. The van der Waals surface area contributed by atoms with Crippen LogP contribution >= 0.6 is 0 Å². The molecule has 3 aromatic rings. The van der Waals surface area contributed by atoms with Crippen LogP contribution in [0.15, 0.2) is 36.5 Å². The molecule has 1 aliphatic heterocycles. The summed E-state index contributed by atoms with van der Waals surface area (Å²) >= 11 is 0. The Morgan fingerprint density at radius 3 is 2.52 bits per heavy atom. The van der Waals surface area contributed by atoms with E-state index in [0.29, 0.717) is 44.4 Å². The fourth-order valence-electron chi connectivity index (χ4n) is 4.69. The topological polar surface area (TPSA) is 121 Å². The van der Waals surface area contributed by atoms with Gasteiger partial charge in [-0.1, -0.05) is 43.7 Å². The van der Waals surface area contributed by atoms with Gasteiger partial charge in [0.1, 0.15) is 29.5 Å². The van der Waals surface area contributed by atoms with Gasteiger partial charge >= 0.3 is 0 Å². The maximum absolute atomic E-state index is 12.9. The zero-order valence-electron chi connectivity index (χ0n) is 24.4. The van der Waals surface area contributed by atoms with Crippen LogP contribution in [-0.2, 0) is 45.2 Å². The number of carbonyl (C=O) groups excluding carboxylic acids is 2. The number of nitrogens with zero attached hydrogens (tertiary/aromatic N) is 3. The van der Waals surface area contributed by atoms with Gasteiger partial charge in [-0.3, -0.25) is 9.59 Å². The van der Waals surface area contributed by atoms with Crippen LogP contribution in [0.5, 0.6) is 0 Å². The predicted octanol–water partition coefficient (Wildman–Crippen LogP) is 4.99. The minimum Gasteiger partial charge on any atom is -0.462 e. The number of nitrogens with one attached hydrogen (secondary N) is 1. The highest BCUT2D eigenvalue weighted by Gasteiger charge is 2.21. The summed E-state index contributed by atoms with van der Waals surface area (Å²) in [6.45, 7) is 10.9. The summed E-state index contributed by atoms with van der Waals surface area (Å²) in [4.78, 5) is 31.9. The van der Waals surface area contributed by atoms with E-state index in [1.54, 1.807) is 0 Å². The Morgan fingerprint density at radius 1 is 1.18 bits per heavy atom. The molecule has 3 N–H and O–H groups in total. The number of hydrogen-bond acceptors (Lipinski definition) is 8. The molecule has 2 aromatic heterocycles. The lowest BCUT2D eigenvalue weighted by atomic mass is 9.91. The number of ketones is 1. The number of rotatable bonds is 12. The molecule has 0 amide bonds. The molecule has 1 saturated heterocycles. The minimum atomic E-state index is -0.318. The number of aromatic nitrogens is 3. The Bertz CT molecular complexity index is 1210. The number of carbonyl (C=O) groups is 2. The van der Waals surface area contributed by atoms with E-state index in [4.69, 9.17) is 15.5 Å². The number of hydrogen-bond donors (Lipinski definition) is 2. The van der Waals surface area contributed by atoms with Crippen molar-refractivity contribution in [2.24, 2.45) is 5.92 Å². The summed E-state index contributed by atoms with van der Waals surface area (Å²) in [6, 6.07) is 10.1. The van der Waals surface area contributed by atoms with Gasteiger partial charge in [0.2, 0.25) is 0 Å². The Hall–Kier alpha value is -3.30. The third kappa shape index (κ3) is 10.0. The Morgan fingerprint density at radius 2 is 1.90 bits per heavy atom. The van der Waals surface area contributed by atoms with Gasteiger partial charge < -0.3 is 25.1 Å². The van der Waals surface area contributed by atoms with Crippen molar-refractivity contribution >= 4 is 29.1 Å². The van der Waals surface area contributed by atoms with E-state index in [1.807, 2.05) is 61.9 Å². The van der Waals surface area contributed by atoms with E-state index in [0.717, 1.165) is 73.2 Å². The molecule has 0 saturated carbocycles. The first kappa shape index (κ1) is 31.2. The first-order valence-electron chi connectivity index (χ1n) is 14.3. The van der Waals surface area contributed by atoms with E-state index in [9.17, 15) is 9.59 Å². The van der Waals surface area contributed by atoms with Crippen molar-refractivity contribution in [1.82, 2.24) is 19.9 Å². The summed E-state index contributed by atoms with van der Waals surface area (Å²) in [7, 11) is 0. The number of benzene rings is 1. The van der Waals surface area contributed by atoms with Crippen LogP contribution in [-0.4, -0.2) is 45.5 Å². The number of ether oxygens (including phenoxy) is 2. The maximum atomic E-state index is 12.9. The van der Waals surface area contributed by atoms with Gasteiger partial charge in [-0.15, -0.1) is 0 Å². The number of nitrogen functional groups attached to an aromatic ring is 1. The molecule has 1 aromatic carbocycles. The van der Waals surface area contributed by atoms with Gasteiger partial charge in [0.05, 0.1) is 12.1 Å². The second-order valence-corrected chi connectivity index (χ2v) is 11.4. The van der Waals surface area contributed by atoms with Crippen molar-refractivity contribution in [3.05, 3.63) is 53.5 Å². The molecule has 0 bridgehead atoms. The summed E-state index contributed by atoms with van der Waals surface area (Å²) < 4.78 is 12.5. The van der Waals surface area contributed by atoms with Crippen LogP contribution < -0.4 is 11.1 Å².